The number of hydrogen-bond donors (Lipinski definition) is 0. The van der Waals surface area contributed by atoms with Crippen molar-refractivity contribution >= 4 is 93.4 Å². The van der Waals surface area contributed by atoms with Gasteiger partial charge in [0.15, 0.2) is 0 Å². The summed E-state index contributed by atoms with van der Waals surface area (Å²) in [6.07, 6.45) is 0. The third-order valence-electron chi connectivity index (χ3n) is 12.7. The summed E-state index contributed by atoms with van der Waals surface area (Å²) in [6.45, 7) is 0. The van der Waals surface area contributed by atoms with Gasteiger partial charge in [-0.3, -0.25) is 4.90 Å². The van der Waals surface area contributed by atoms with Crippen molar-refractivity contribution in [2.24, 2.45) is 0 Å². The Morgan fingerprint density at radius 2 is 1.03 bits per heavy atom. The van der Waals surface area contributed by atoms with Crippen LogP contribution in [-0.4, -0.2) is 9.55 Å². The lowest BCUT2D eigenvalue weighted by molar-refractivity contribution is 0.654. The zero-order chi connectivity index (χ0) is 41.4. The highest BCUT2D eigenvalue weighted by molar-refractivity contribution is 6.14. The summed E-state index contributed by atoms with van der Waals surface area (Å²) in [5.74, 6) is 0.775. The molecular formula is C59H37N3O. The number of para-hydroxylation sites is 2. The van der Waals surface area contributed by atoms with Gasteiger partial charge in [-0.2, -0.15) is 4.98 Å². The van der Waals surface area contributed by atoms with Gasteiger partial charge in [0.1, 0.15) is 11.4 Å². The minimum atomic E-state index is 0.613. The van der Waals surface area contributed by atoms with Gasteiger partial charge in [-0.25, -0.2) is 0 Å². The maximum absolute atomic E-state index is 6.36. The molecule has 3 heterocycles. The van der Waals surface area contributed by atoms with E-state index in [1.807, 2.05) is 18.2 Å². The fourth-order valence-electron chi connectivity index (χ4n) is 9.73. The number of anilines is 3. The first-order chi connectivity index (χ1) is 31.2. The van der Waals surface area contributed by atoms with Crippen molar-refractivity contribution in [3.63, 3.8) is 0 Å². The molecule has 0 radical (unpaired) electrons. The first-order valence-electron chi connectivity index (χ1n) is 21.4. The van der Waals surface area contributed by atoms with E-state index in [4.69, 9.17) is 9.40 Å². The quantitative estimate of drug-likeness (QED) is 0.168. The SMILES string of the molecule is c1cc(-c2cccc(-n3c4ccccc4c4cc5ccccc5cc43)c2)cc(N(c2ccc3cc(-c4cccc5ccccc45)ccc3c2)c2ccc3c(n2)oc2ccccc23)c1. The van der Waals surface area contributed by atoms with Crippen LogP contribution in [-0.2, 0) is 0 Å². The van der Waals surface area contributed by atoms with Gasteiger partial charge in [-0.05, 0) is 133 Å². The monoisotopic (exact) mass is 803 g/mol. The molecule has 4 heteroatoms. The molecule has 3 aromatic heterocycles. The van der Waals surface area contributed by atoms with E-state index in [-0.39, 0.29) is 0 Å². The minimum Gasteiger partial charge on any atom is -0.438 e. The molecule has 0 atom stereocenters. The van der Waals surface area contributed by atoms with Crippen molar-refractivity contribution < 1.29 is 4.42 Å². The molecule has 13 rings (SSSR count). The Balaban J connectivity index is 0.947. The molecule has 63 heavy (non-hydrogen) atoms. The number of benzene rings is 10. The second kappa shape index (κ2) is 14.1. The topological polar surface area (TPSA) is 34.2 Å². The summed E-state index contributed by atoms with van der Waals surface area (Å²) in [7, 11) is 0. The number of fused-ring (bicyclic) bond motifs is 9. The summed E-state index contributed by atoms with van der Waals surface area (Å²) < 4.78 is 8.76. The number of pyridine rings is 1. The molecule has 0 spiro atoms. The number of nitrogens with zero attached hydrogens (tertiary/aromatic N) is 3. The first kappa shape index (κ1) is 35.3. The molecule has 0 N–H and O–H groups in total. The van der Waals surface area contributed by atoms with Crippen LogP contribution in [0.5, 0.6) is 0 Å². The van der Waals surface area contributed by atoms with Crippen LogP contribution in [0.4, 0.5) is 17.2 Å². The Kier molecular flexibility index (Phi) is 7.87. The van der Waals surface area contributed by atoms with Crippen LogP contribution in [0.2, 0.25) is 0 Å². The molecule has 0 aliphatic heterocycles. The Morgan fingerprint density at radius 3 is 1.94 bits per heavy atom. The predicted octanol–water partition coefficient (Wildman–Crippen LogP) is 16.3. The van der Waals surface area contributed by atoms with Gasteiger partial charge in [-0.1, -0.05) is 146 Å². The lowest BCUT2D eigenvalue weighted by Crippen LogP contribution is -2.11. The van der Waals surface area contributed by atoms with E-state index >= 15 is 0 Å². The third kappa shape index (κ3) is 5.80. The highest BCUT2D eigenvalue weighted by Crippen LogP contribution is 2.41. The molecule has 0 saturated carbocycles. The smallest absolute Gasteiger partial charge is 0.229 e. The third-order valence-corrected chi connectivity index (χ3v) is 12.7. The fraction of sp³-hybridized carbons (Fsp3) is 0. The predicted molar refractivity (Wildman–Crippen MR) is 264 cm³/mol. The van der Waals surface area contributed by atoms with E-state index in [9.17, 15) is 0 Å². The molecule has 0 aliphatic carbocycles. The average molecular weight is 804 g/mol. The molecule has 0 bridgehead atoms. The van der Waals surface area contributed by atoms with Crippen molar-refractivity contribution in [3.8, 4) is 27.9 Å². The molecular weight excluding hydrogens is 767 g/mol. The van der Waals surface area contributed by atoms with Crippen LogP contribution in [0.15, 0.2) is 229 Å². The second-order valence-electron chi connectivity index (χ2n) is 16.4. The van der Waals surface area contributed by atoms with E-state index in [1.165, 1.54) is 59.9 Å². The average Bonchev–Trinajstić information content (AvgIpc) is 3.88. The summed E-state index contributed by atoms with van der Waals surface area (Å²) >= 11 is 0. The van der Waals surface area contributed by atoms with Crippen molar-refractivity contribution in [1.82, 2.24) is 9.55 Å². The fourth-order valence-corrected chi connectivity index (χ4v) is 9.73. The normalized spacial score (nSPS) is 11.8. The standard InChI is InChI=1S/C59H37N3O/c1-2-14-42-37-56-54(36-41(42)13-1)51-21-5-7-24-55(51)62(56)47-19-10-17-40(34-47)39-16-9-18-46(33-39)61(58-31-30-53-52-22-6-8-25-57(52)63-59(53)60-58)48-29-28-43-32-45(27-26-44(43)35-48)50-23-11-15-38-12-3-4-20-49(38)50/h1-37H. The Hall–Kier alpha value is -8.47. The number of furan rings is 1. The number of aromatic nitrogens is 2. The maximum atomic E-state index is 6.36. The van der Waals surface area contributed by atoms with Crippen molar-refractivity contribution in [3.05, 3.63) is 224 Å². The molecule has 0 unspecified atom stereocenters. The summed E-state index contributed by atoms with van der Waals surface area (Å²) in [5.41, 5.74) is 11.6. The van der Waals surface area contributed by atoms with Gasteiger partial charge in [-0.15, -0.1) is 0 Å². The molecule has 10 aromatic carbocycles. The van der Waals surface area contributed by atoms with E-state index in [0.29, 0.717) is 5.71 Å². The summed E-state index contributed by atoms with van der Waals surface area (Å²) in [4.78, 5) is 7.46. The zero-order valence-electron chi connectivity index (χ0n) is 34.1. The van der Waals surface area contributed by atoms with Crippen LogP contribution in [0.25, 0.3) is 104 Å². The van der Waals surface area contributed by atoms with Crippen LogP contribution < -0.4 is 4.90 Å². The van der Waals surface area contributed by atoms with Crippen LogP contribution >= 0.6 is 0 Å². The van der Waals surface area contributed by atoms with Gasteiger partial charge < -0.3 is 8.98 Å². The highest BCUT2D eigenvalue weighted by atomic mass is 16.3. The Bertz CT molecular complexity index is 3940. The van der Waals surface area contributed by atoms with Crippen molar-refractivity contribution in [1.29, 1.82) is 0 Å². The minimum absolute atomic E-state index is 0.613. The lowest BCUT2D eigenvalue weighted by atomic mass is 9.96. The maximum Gasteiger partial charge on any atom is 0.229 e. The van der Waals surface area contributed by atoms with Crippen molar-refractivity contribution in [2.75, 3.05) is 4.90 Å². The van der Waals surface area contributed by atoms with E-state index in [2.05, 4.69) is 216 Å². The largest absolute Gasteiger partial charge is 0.438 e. The molecule has 0 aliphatic rings. The lowest BCUT2D eigenvalue weighted by Gasteiger charge is -2.25. The summed E-state index contributed by atoms with van der Waals surface area (Å²) in [6, 6.07) is 80.7. The number of rotatable bonds is 6. The molecule has 294 valence electrons. The van der Waals surface area contributed by atoms with E-state index < -0.39 is 0 Å². The number of hydrogen-bond acceptors (Lipinski definition) is 3. The molecule has 13 aromatic rings. The summed E-state index contributed by atoms with van der Waals surface area (Å²) in [5, 5.41) is 11.8. The van der Waals surface area contributed by atoms with E-state index in [1.54, 1.807) is 0 Å². The molecule has 0 fully saturated rings. The van der Waals surface area contributed by atoms with Gasteiger partial charge in [0.2, 0.25) is 5.71 Å². The Morgan fingerprint density at radius 1 is 0.365 bits per heavy atom. The van der Waals surface area contributed by atoms with Gasteiger partial charge >= 0.3 is 0 Å². The van der Waals surface area contributed by atoms with Crippen molar-refractivity contribution in [2.45, 2.75) is 0 Å². The second-order valence-corrected chi connectivity index (χ2v) is 16.4. The highest BCUT2D eigenvalue weighted by Gasteiger charge is 2.19. The molecule has 0 amide bonds. The molecule has 4 nitrogen and oxygen atoms in total. The first-order valence-corrected chi connectivity index (χ1v) is 21.4. The van der Waals surface area contributed by atoms with Crippen LogP contribution in [0.3, 0.4) is 0 Å². The van der Waals surface area contributed by atoms with E-state index in [0.717, 1.165) is 55.7 Å². The van der Waals surface area contributed by atoms with Crippen LogP contribution in [0, 0.1) is 0 Å². The van der Waals surface area contributed by atoms with Gasteiger partial charge in [0.25, 0.3) is 0 Å². The van der Waals surface area contributed by atoms with Crippen LogP contribution in [0.1, 0.15) is 0 Å². The molecule has 0 saturated heterocycles. The zero-order valence-corrected chi connectivity index (χ0v) is 34.1. The van der Waals surface area contributed by atoms with Gasteiger partial charge in [0.05, 0.1) is 11.0 Å². The van der Waals surface area contributed by atoms with Gasteiger partial charge in [0, 0.05) is 38.6 Å². The Labute approximate surface area is 363 Å².